The summed E-state index contributed by atoms with van der Waals surface area (Å²) < 4.78 is 22.5. The molecule has 1 fully saturated rings. The molecule has 0 bridgehead atoms. The molecule has 0 N–H and O–H groups in total. The van der Waals surface area contributed by atoms with Gasteiger partial charge < -0.3 is 4.90 Å². The van der Waals surface area contributed by atoms with Crippen LogP contribution in [0.3, 0.4) is 0 Å². The van der Waals surface area contributed by atoms with Crippen molar-refractivity contribution >= 4 is 25.6 Å². The molecule has 98 valence electrons. The number of amides is 1. The van der Waals surface area contributed by atoms with E-state index in [1.54, 1.807) is 18.5 Å². The Morgan fingerprint density at radius 1 is 1.56 bits per heavy atom. The molecule has 18 heavy (non-hydrogen) atoms. The first kappa shape index (κ1) is 13.3. The summed E-state index contributed by atoms with van der Waals surface area (Å²) in [5.41, 5.74) is 0.874. The van der Waals surface area contributed by atoms with E-state index in [-0.39, 0.29) is 24.9 Å². The molecule has 0 radical (unpaired) electrons. The normalized spacial score (nSPS) is 22.2. The van der Waals surface area contributed by atoms with Crippen molar-refractivity contribution in [3.63, 3.8) is 0 Å². The monoisotopic (exact) mass is 288 g/mol. The lowest BCUT2D eigenvalue weighted by Crippen LogP contribution is -2.30. The predicted molar refractivity (Wildman–Crippen MR) is 67.5 cm³/mol. The number of rotatable bonds is 3. The van der Waals surface area contributed by atoms with E-state index in [1.807, 2.05) is 13.0 Å². The van der Waals surface area contributed by atoms with Crippen molar-refractivity contribution in [3.8, 4) is 0 Å². The summed E-state index contributed by atoms with van der Waals surface area (Å²) in [7, 11) is 1.61. The molecule has 1 amide bonds. The van der Waals surface area contributed by atoms with Crippen molar-refractivity contribution < 1.29 is 13.2 Å². The van der Waals surface area contributed by atoms with Crippen LogP contribution in [0.15, 0.2) is 24.5 Å². The number of halogens is 1. The van der Waals surface area contributed by atoms with Gasteiger partial charge >= 0.3 is 0 Å². The van der Waals surface area contributed by atoms with Gasteiger partial charge in [-0.2, -0.15) is 0 Å². The molecule has 2 atom stereocenters. The van der Waals surface area contributed by atoms with Crippen LogP contribution in [-0.4, -0.2) is 36.0 Å². The molecule has 2 heterocycles. The second-order valence-corrected chi connectivity index (χ2v) is 7.22. The van der Waals surface area contributed by atoms with Crippen LogP contribution < -0.4 is 0 Å². The summed E-state index contributed by atoms with van der Waals surface area (Å²) in [6.45, 7) is 1.98. The second kappa shape index (κ2) is 4.85. The van der Waals surface area contributed by atoms with E-state index in [0.29, 0.717) is 0 Å². The Bertz CT molecular complexity index is 547. The maximum Gasteiger partial charge on any atom is 0.237 e. The fourth-order valence-electron chi connectivity index (χ4n) is 2.06. The van der Waals surface area contributed by atoms with Crippen molar-refractivity contribution in [1.82, 2.24) is 9.88 Å². The lowest BCUT2D eigenvalue weighted by atomic mass is 10.1. The lowest BCUT2D eigenvalue weighted by Gasteiger charge is -2.24. The van der Waals surface area contributed by atoms with E-state index in [9.17, 15) is 13.2 Å². The molecule has 0 saturated carbocycles. The van der Waals surface area contributed by atoms with Crippen LogP contribution >= 0.6 is 10.7 Å². The van der Waals surface area contributed by atoms with Gasteiger partial charge in [0.15, 0.2) is 0 Å². The van der Waals surface area contributed by atoms with Gasteiger partial charge in [-0.1, -0.05) is 6.07 Å². The average molecular weight is 289 g/mol. The molecule has 2 unspecified atom stereocenters. The molecule has 7 heteroatoms. The standard InChI is InChI=1S/C11H13ClN2O3S/c1-8(9-3-2-4-13-6-9)14-7-10(5-11(14)15)18(12,16)17/h2-4,6,8,10H,5,7H2,1H3. The zero-order valence-electron chi connectivity index (χ0n) is 9.78. The van der Waals surface area contributed by atoms with Gasteiger partial charge in [0.2, 0.25) is 15.0 Å². The van der Waals surface area contributed by atoms with E-state index in [0.717, 1.165) is 5.56 Å². The molecule has 0 spiro atoms. The van der Waals surface area contributed by atoms with Crippen molar-refractivity contribution in [2.24, 2.45) is 0 Å². The van der Waals surface area contributed by atoms with Crippen LogP contribution in [0.5, 0.6) is 0 Å². The fourth-order valence-corrected chi connectivity index (χ4v) is 3.10. The molecular formula is C11H13ClN2O3S. The highest BCUT2D eigenvalue weighted by atomic mass is 35.7. The number of carbonyl (C=O) groups is 1. The minimum Gasteiger partial charge on any atom is -0.334 e. The molecule has 5 nitrogen and oxygen atoms in total. The number of pyridine rings is 1. The molecule has 2 rings (SSSR count). The molecule has 1 saturated heterocycles. The van der Waals surface area contributed by atoms with E-state index < -0.39 is 14.3 Å². The van der Waals surface area contributed by atoms with Gasteiger partial charge in [0.1, 0.15) is 5.25 Å². The third kappa shape index (κ3) is 2.64. The number of likely N-dealkylation sites (tertiary alicyclic amines) is 1. The second-order valence-electron chi connectivity index (χ2n) is 4.31. The smallest absolute Gasteiger partial charge is 0.237 e. The van der Waals surface area contributed by atoms with Gasteiger partial charge in [0, 0.05) is 36.0 Å². The number of nitrogens with zero attached hydrogens (tertiary/aromatic N) is 2. The fraction of sp³-hybridized carbons (Fsp3) is 0.455. The maximum atomic E-state index is 11.8. The third-order valence-corrected chi connectivity index (χ3v) is 5.02. The first-order valence-electron chi connectivity index (χ1n) is 5.52. The highest BCUT2D eigenvalue weighted by molar-refractivity contribution is 8.14. The zero-order valence-corrected chi connectivity index (χ0v) is 11.4. The Labute approximate surface area is 110 Å². The van der Waals surface area contributed by atoms with Crippen molar-refractivity contribution in [2.75, 3.05) is 6.54 Å². The molecular weight excluding hydrogens is 276 g/mol. The Morgan fingerprint density at radius 2 is 2.28 bits per heavy atom. The van der Waals surface area contributed by atoms with E-state index in [1.165, 1.54) is 4.90 Å². The number of aromatic nitrogens is 1. The molecule has 0 aromatic carbocycles. The largest absolute Gasteiger partial charge is 0.334 e. The van der Waals surface area contributed by atoms with Gasteiger partial charge in [0.25, 0.3) is 0 Å². The molecule has 1 aliphatic heterocycles. The quantitative estimate of drug-likeness (QED) is 0.787. The van der Waals surface area contributed by atoms with Crippen molar-refractivity contribution in [2.45, 2.75) is 24.6 Å². The Kier molecular flexibility index (Phi) is 3.59. The summed E-state index contributed by atoms with van der Waals surface area (Å²) in [5.74, 6) is -0.194. The van der Waals surface area contributed by atoms with Gasteiger partial charge in [-0.15, -0.1) is 0 Å². The Hall–Kier alpha value is -1.14. The number of hydrogen-bond acceptors (Lipinski definition) is 4. The maximum absolute atomic E-state index is 11.8. The molecule has 1 aromatic rings. The van der Waals surface area contributed by atoms with Crippen LogP contribution in [0.25, 0.3) is 0 Å². The van der Waals surface area contributed by atoms with E-state index >= 15 is 0 Å². The van der Waals surface area contributed by atoms with Crippen LogP contribution in [0.2, 0.25) is 0 Å². The van der Waals surface area contributed by atoms with Gasteiger partial charge in [-0.05, 0) is 18.6 Å². The molecule has 0 aliphatic carbocycles. The minimum atomic E-state index is -3.69. The first-order chi connectivity index (χ1) is 8.39. The highest BCUT2D eigenvalue weighted by Crippen LogP contribution is 2.29. The zero-order chi connectivity index (χ0) is 13.3. The van der Waals surface area contributed by atoms with Gasteiger partial charge in [-0.3, -0.25) is 9.78 Å². The number of hydrogen-bond donors (Lipinski definition) is 0. The topological polar surface area (TPSA) is 67.3 Å². The average Bonchev–Trinajstić information content (AvgIpc) is 2.71. The third-order valence-electron chi connectivity index (χ3n) is 3.16. The minimum absolute atomic E-state index is 0.0452. The van der Waals surface area contributed by atoms with Crippen LogP contribution in [0.1, 0.15) is 24.9 Å². The molecule has 1 aliphatic rings. The van der Waals surface area contributed by atoms with Gasteiger partial charge in [-0.25, -0.2) is 8.42 Å². The lowest BCUT2D eigenvalue weighted by molar-refractivity contribution is -0.129. The Morgan fingerprint density at radius 3 is 2.78 bits per heavy atom. The highest BCUT2D eigenvalue weighted by Gasteiger charge is 2.39. The summed E-state index contributed by atoms with van der Waals surface area (Å²) in [6, 6.07) is 3.44. The van der Waals surface area contributed by atoms with Crippen molar-refractivity contribution in [1.29, 1.82) is 0 Å². The summed E-state index contributed by atoms with van der Waals surface area (Å²) in [4.78, 5) is 17.3. The van der Waals surface area contributed by atoms with E-state index in [4.69, 9.17) is 10.7 Å². The predicted octanol–water partition coefficient (Wildman–Crippen LogP) is 1.31. The summed E-state index contributed by atoms with van der Waals surface area (Å²) in [5, 5.41) is -0.814. The van der Waals surface area contributed by atoms with Crippen LogP contribution in [0, 0.1) is 0 Å². The number of carbonyl (C=O) groups excluding carboxylic acids is 1. The van der Waals surface area contributed by atoms with Gasteiger partial charge in [0.05, 0.1) is 6.04 Å². The summed E-state index contributed by atoms with van der Waals surface area (Å²) >= 11 is 0. The molecule has 1 aromatic heterocycles. The first-order valence-corrected chi connectivity index (χ1v) is 7.89. The SMILES string of the molecule is CC(c1cccnc1)N1CC(S(=O)(=O)Cl)CC1=O. The van der Waals surface area contributed by atoms with Crippen LogP contribution in [-0.2, 0) is 13.8 Å². The Balaban J connectivity index is 2.18. The van der Waals surface area contributed by atoms with Crippen molar-refractivity contribution in [3.05, 3.63) is 30.1 Å². The van der Waals surface area contributed by atoms with Crippen LogP contribution in [0.4, 0.5) is 0 Å². The summed E-state index contributed by atoms with van der Waals surface area (Å²) in [6.07, 6.45) is 3.27. The van der Waals surface area contributed by atoms with E-state index in [2.05, 4.69) is 4.98 Å².